The highest BCUT2D eigenvalue weighted by Gasteiger charge is 2.27. The molecule has 0 aliphatic rings. The van der Waals surface area contributed by atoms with Gasteiger partial charge in [0.25, 0.3) is 0 Å². The predicted octanol–water partition coefficient (Wildman–Crippen LogP) is 15.0. The molecule has 1 unspecified atom stereocenters. The highest BCUT2D eigenvalue weighted by molar-refractivity contribution is 7.83. The quantitative estimate of drug-likeness (QED) is 0.0555. The number of hydrogen-bond donors (Lipinski definition) is 0. The fraction of sp³-hybridized carbons (Fsp3) is 1.00. The molecule has 0 spiro atoms. The van der Waals surface area contributed by atoms with E-state index in [9.17, 15) is 0 Å². The molecule has 2 heteroatoms. The molecule has 230 valence electrons. The highest BCUT2D eigenvalue weighted by Crippen LogP contribution is 2.43. The topological polar surface area (TPSA) is 0 Å². The van der Waals surface area contributed by atoms with Gasteiger partial charge in [0, 0.05) is 0 Å². The van der Waals surface area contributed by atoms with Gasteiger partial charge < -0.3 is 0 Å². The van der Waals surface area contributed by atoms with Crippen molar-refractivity contribution < 1.29 is 0 Å². The van der Waals surface area contributed by atoms with E-state index in [0.717, 1.165) is 0 Å². The molecule has 0 radical (unpaired) electrons. The third kappa shape index (κ3) is 25.7. The van der Waals surface area contributed by atoms with Crippen molar-refractivity contribution in [2.75, 3.05) is 12.3 Å². The van der Waals surface area contributed by atoms with Crippen molar-refractivity contribution in [1.82, 2.24) is 0 Å². The fourth-order valence-electron chi connectivity index (χ4n) is 6.31. The summed E-state index contributed by atoms with van der Waals surface area (Å²) in [6.07, 6.45) is 44.3. The third-order valence-corrected chi connectivity index (χ3v) is 11.7. The molecule has 0 aromatic rings. The molecule has 0 aromatic heterocycles. The standard InChI is InChI=1S/C36H74ClP/c1-5-9-13-14-15-16-17-18-19-22-25-28-34-38(37)35-29-26-23-20-21-24-27-33-36(30-10-6-2,31-11-7-3)32-12-8-4/h5-35H2,1-4H3. The van der Waals surface area contributed by atoms with Gasteiger partial charge in [-0.05, 0) is 63.5 Å². The second kappa shape index (κ2) is 30.7. The van der Waals surface area contributed by atoms with Crippen LogP contribution in [0.1, 0.15) is 214 Å². The van der Waals surface area contributed by atoms with Crippen LogP contribution in [-0.2, 0) is 0 Å². The van der Waals surface area contributed by atoms with E-state index in [1.54, 1.807) is 0 Å². The first-order chi connectivity index (χ1) is 18.6. The molecule has 1 atom stereocenters. The molecular weight excluding hydrogens is 499 g/mol. The first kappa shape index (κ1) is 38.7. The van der Waals surface area contributed by atoms with Crippen LogP contribution in [0.3, 0.4) is 0 Å². The summed E-state index contributed by atoms with van der Waals surface area (Å²) in [5.41, 5.74) is 0.674. The monoisotopic (exact) mass is 573 g/mol. The number of rotatable bonds is 32. The average molecular weight is 573 g/mol. The van der Waals surface area contributed by atoms with Gasteiger partial charge in [0.05, 0.1) is 0 Å². The van der Waals surface area contributed by atoms with Crippen LogP contribution in [-0.4, -0.2) is 12.3 Å². The molecule has 0 heterocycles. The molecule has 0 saturated heterocycles. The van der Waals surface area contributed by atoms with Crippen LogP contribution in [0.5, 0.6) is 0 Å². The van der Waals surface area contributed by atoms with E-state index in [0.29, 0.717) is 5.41 Å². The molecule has 0 rings (SSSR count). The zero-order chi connectivity index (χ0) is 28.0. The first-order valence-electron chi connectivity index (χ1n) is 18.0. The number of halogens is 1. The molecule has 0 nitrogen and oxygen atoms in total. The summed E-state index contributed by atoms with van der Waals surface area (Å²) in [5, 5.41) is 0. The van der Waals surface area contributed by atoms with E-state index < -0.39 is 0 Å². The van der Waals surface area contributed by atoms with Crippen molar-refractivity contribution >= 4 is 18.5 Å². The van der Waals surface area contributed by atoms with Gasteiger partial charge in [-0.15, -0.1) is 0 Å². The Kier molecular flexibility index (Phi) is 31.3. The lowest BCUT2D eigenvalue weighted by Gasteiger charge is -2.35. The minimum Gasteiger partial charge on any atom is -0.0964 e. The van der Waals surface area contributed by atoms with E-state index >= 15 is 0 Å². The lowest BCUT2D eigenvalue weighted by molar-refractivity contribution is 0.175. The van der Waals surface area contributed by atoms with E-state index in [2.05, 4.69) is 27.7 Å². The number of unbranched alkanes of at least 4 members (excludes halogenated alkanes) is 20. The zero-order valence-electron chi connectivity index (χ0n) is 27.2. The van der Waals surface area contributed by atoms with E-state index in [4.69, 9.17) is 11.2 Å². The Labute approximate surface area is 249 Å². The Morgan fingerprint density at radius 2 is 0.605 bits per heavy atom. The van der Waals surface area contributed by atoms with Crippen molar-refractivity contribution in [2.45, 2.75) is 214 Å². The maximum Gasteiger partial charge on any atom is -0.00973 e. The maximum atomic E-state index is 6.71. The Balaban J connectivity index is 3.65. The molecule has 0 bridgehead atoms. The molecule has 0 aromatic carbocycles. The Bertz CT molecular complexity index is 415. The summed E-state index contributed by atoms with van der Waals surface area (Å²) in [7, 11) is -0.206. The summed E-state index contributed by atoms with van der Waals surface area (Å²) in [4.78, 5) is 0. The van der Waals surface area contributed by atoms with E-state index in [-0.39, 0.29) is 7.27 Å². The van der Waals surface area contributed by atoms with Crippen molar-refractivity contribution in [3.8, 4) is 0 Å². The van der Waals surface area contributed by atoms with Crippen LogP contribution < -0.4 is 0 Å². The SMILES string of the molecule is CCCCCCCCCCCCCCP(Cl)CCCCCCCCCC(CCCC)(CCCC)CCCC. The number of hydrogen-bond acceptors (Lipinski definition) is 0. The molecular formula is C36H74ClP. The van der Waals surface area contributed by atoms with Gasteiger partial charge in [0.15, 0.2) is 0 Å². The van der Waals surface area contributed by atoms with Gasteiger partial charge >= 0.3 is 0 Å². The van der Waals surface area contributed by atoms with Crippen LogP contribution in [0.4, 0.5) is 0 Å². The van der Waals surface area contributed by atoms with Crippen molar-refractivity contribution in [1.29, 1.82) is 0 Å². The van der Waals surface area contributed by atoms with E-state index in [1.165, 1.54) is 199 Å². The highest BCUT2D eigenvalue weighted by atomic mass is 35.7. The molecule has 0 saturated carbocycles. The summed E-state index contributed by atoms with van der Waals surface area (Å²) in [5.74, 6) is 0. The molecule has 0 aliphatic carbocycles. The van der Waals surface area contributed by atoms with Crippen LogP contribution in [0, 0.1) is 5.41 Å². The summed E-state index contributed by atoms with van der Waals surface area (Å²) in [6, 6.07) is 0. The molecule has 0 fully saturated rings. The summed E-state index contributed by atoms with van der Waals surface area (Å²) in [6.45, 7) is 9.42. The second-order valence-corrected chi connectivity index (χ2v) is 16.1. The van der Waals surface area contributed by atoms with Gasteiger partial charge in [-0.1, -0.05) is 187 Å². The van der Waals surface area contributed by atoms with Crippen LogP contribution in [0.25, 0.3) is 0 Å². The zero-order valence-corrected chi connectivity index (χ0v) is 28.9. The lowest BCUT2D eigenvalue weighted by Crippen LogP contribution is -2.21. The minimum atomic E-state index is -0.206. The Morgan fingerprint density at radius 3 is 0.947 bits per heavy atom. The van der Waals surface area contributed by atoms with Crippen molar-refractivity contribution in [2.24, 2.45) is 5.41 Å². The van der Waals surface area contributed by atoms with Gasteiger partial charge in [-0.25, -0.2) is 0 Å². The first-order valence-corrected chi connectivity index (χ1v) is 20.7. The van der Waals surface area contributed by atoms with Gasteiger partial charge in [-0.2, -0.15) is 0 Å². The Morgan fingerprint density at radius 1 is 0.342 bits per heavy atom. The van der Waals surface area contributed by atoms with E-state index in [1.807, 2.05) is 0 Å². The van der Waals surface area contributed by atoms with Gasteiger partial charge in [-0.3, -0.25) is 0 Å². The minimum absolute atomic E-state index is 0.206. The molecule has 0 N–H and O–H groups in total. The lowest BCUT2D eigenvalue weighted by atomic mass is 9.71. The second-order valence-electron chi connectivity index (χ2n) is 12.8. The Hall–Kier alpha value is 0.720. The van der Waals surface area contributed by atoms with Crippen molar-refractivity contribution in [3.05, 3.63) is 0 Å². The predicted molar refractivity (Wildman–Crippen MR) is 182 cm³/mol. The maximum absolute atomic E-state index is 6.71. The van der Waals surface area contributed by atoms with Gasteiger partial charge in [0.1, 0.15) is 0 Å². The van der Waals surface area contributed by atoms with Crippen molar-refractivity contribution in [3.63, 3.8) is 0 Å². The summed E-state index contributed by atoms with van der Waals surface area (Å²) >= 11 is 6.71. The largest absolute Gasteiger partial charge is 0.0964 e. The third-order valence-electron chi connectivity index (χ3n) is 9.04. The molecule has 0 aliphatic heterocycles. The average Bonchev–Trinajstić information content (AvgIpc) is 2.93. The van der Waals surface area contributed by atoms with Crippen LogP contribution in [0.2, 0.25) is 0 Å². The smallest absolute Gasteiger partial charge is 0.00973 e. The summed E-state index contributed by atoms with van der Waals surface area (Å²) < 4.78 is 0. The van der Waals surface area contributed by atoms with Gasteiger partial charge in [0.2, 0.25) is 0 Å². The van der Waals surface area contributed by atoms with Crippen LogP contribution in [0.15, 0.2) is 0 Å². The fourth-order valence-corrected chi connectivity index (χ4v) is 8.38. The molecule has 38 heavy (non-hydrogen) atoms. The molecule has 0 amide bonds. The van der Waals surface area contributed by atoms with Crippen LogP contribution >= 0.6 is 18.5 Å². The normalized spacial score (nSPS) is 12.9.